The fourth-order valence-corrected chi connectivity index (χ4v) is 6.62. The van der Waals surface area contributed by atoms with E-state index in [0.29, 0.717) is 5.56 Å². The lowest BCUT2D eigenvalue weighted by atomic mass is 9.39. The van der Waals surface area contributed by atoms with E-state index in [1.807, 2.05) is 66.7 Å². The molecular formula is C38H24BNO. The Bertz CT molecular complexity index is 2360. The Morgan fingerprint density at radius 3 is 2.17 bits per heavy atom. The summed E-state index contributed by atoms with van der Waals surface area (Å²) >= 11 is 0. The Labute approximate surface area is 246 Å². The lowest BCUT2D eigenvalue weighted by Crippen LogP contribution is -2.54. The molecule has 0 bridgehead atoms. The molecule has 0 radical (unpaired) electrons. The monoisotopic (exact) mass is 526 g/mol. The summed E-state index contributed by atoms with van der Waals surface area (Å²) in [7, 11) is 0. The molecule has 0 spiro atoms. The highest BCUT2D eigenvalue weighted by Gasteiger charge is 2.46. The molecular weight excluding hydrogens is 497 g/mol. The van der Waals surface area contributed by atoms with Gasteiger partial charge in [-0.25, -0.2) is 0 Å². The van der Waals surface area contributed by atoms with Crippen LogP contribution in [0.5, 0.6) is 0 Å². The predicted octanol–water partition coefficient (Wildman–Crippen LogP) is 8.05. The molecule has 0 atom stereocenters. The minimum absolute atomic E-state index is 0.179. The predicted molar refractivity (Wildman–Crippen MR) is 172 cm³/mol. The molecule has 0 saturated carbocycles. The minimum Gasteiger partial charge on any atom is -0.470 e. The number of hydrogen-bond donors (Lipinski definition) is 0. The van der Waals surface area contributed by atoms with Crippen LogP contribution in [0, 0.1) is 0 Å². The summed E-state index contributed by atoms with van der Waals surface area (Å²) in [6.45, 7) is -0.179. The molecule has 6 aromatic carbocycles. The van der Waals surface area contributed by atoms with Gasteiger partial charge in [0.15, 0.2) is 0 Å². The van der Waals surface area contributed by atoms with E-state index in [2.05, 4.69) is 53.4 Å². The molecule has 0 aliphatic carbocycles. The van der Waals surface area contributed by atoms with Gasteiger partial charge in [0.05, 0.1) is 12.5 Å². The Kier molecular flexibility index (Phi) is 3.81. The molecule has 0 saturated heterocycles. The summed E-state index contributed by atoms with van der Waals surface area (Å²) in [6, 6.07) is 37.5. The largest absolute Gasteiger partial charge is 0.470 e. The van der Waals surface area contributed by atoms with Crippen molar-refractivity contribution in [3.63, 3.8) is 0 Å². The highest BCUT2D eigenvalue weighted by atomic mass is 16.3. The van der Waals surface area contributed by atoms with Crippen molar-refractivity contribution in [2.75, 3.05) is 4.90 Å². The maximum absolute atomic E-state index is 8.85. The fraction of sp³-hybridized carbons (Fsp3) is 0. The third kappa shape index (κ3) is 3.26. The topological polar surface area (TPSA) is 16.4 Å². The van der Waals surface area contributed by atoms with Crippen molar-refractivity contribution in [1.82, 2.24) is 0 Å². The number of benzene rings is 6. The van der Waals surface area contributed by atoms with Gasteiger partial charge in [-0.3, -0.25) is 0 Å². The van der Waals surface area contributed by atoms with Crippen molar-refractivity contribution in [3.05, 3.63) is 145 Å². The highest BCUT2D eigenvalue weighted by molar-refractivity contribution is 7.01. The number of rotatable bonds is 3. The first-order valence-corrected chi connectivity index (χ1v) is 13.7. The Balaban J connectivity index is 1.42. The van der Waals surface area contributed by atoms with E-state index in [1.54, 1.807) is 0 Å². The Hall–Kier alpha value is -5.28. The lowest BCUT2D eigenvalue weighted by Gasteiger charge is -2.36. The van der Waals surface area contributed by atoms with Crippen LogP contribution in [-0.2, 0) is 0 Å². The first-order valence-electron chi connectivity index (χ1n) is 16.2. The van der Waals surface area contributed by atoms with Crippen LogP contribution in [0.25, 0.3) is 44.3 Å². The van der Waals surface area contributed by atoms with Crippen LogP contribution in [0.1, 0.15) is 6.85 Å². The van der Waals surface area contributed by atoms with Crippen molar-refractivity contribution in [2.24, 2.45) is 0 Å². The number of hydrogen-bond acceptors (Lipinski definition) is 2. The van der Waals surface area contributed by atoms with Gasteiger partial charge in [-0.1, -0.05) is 109 Å². The molecule has 0 N–H and O–H groups in total. The second-order valence-electron chi connectivity index (χ2n) is 10.5. The third-order valence-electron chi connectivity index (χ3n) is 8.33. The molecule has 0 amide bonds. The number of anilines is 3. The maximum Gasteiger partial charge on any atom is 0.293 e. The first-order chi connectivity index (χ1) is 22.4. The molecule has 2 nitrogen and oxygen atoms in total. The van der Waals surface area contributed by atoms with Crippen molar-refractivity contribution < 1.29 is 11.3 Å². The van der Waals surface area contributed by atoms with Crippen molar-refractivity contribution in [2.45, 2.75) is 0 Å². The van der Waals surface area contributed by atoms with Crippen molar-refractivity contribution in [3.8, 4) is 33.4 Å². The van der Waals surface area contributed by atoms with E-state index in [0.717, 1.165) is 66.9 Å². The molecule has 3 heterocycles. The highest BCUT2D eigenvalue weighted by Crippen LogP contribution is 2.45. The summed E-state index contributed by atoms with van der Waals surface area (Å²) in [5.74, 6) is 0. The molecule has 0 fully saturated rings. The van der Waals surface area contributed by atoms with Crippen LogP contribution < -0.4 is 21.5 Å². The van der Waals surface area contributed by atoms with Crippen LogP contribution in [-0.4, -0.2) is 6.71 Å². The van der Waals surface area contributed by atoms with E-state index < -0.39 is 6.04 Å². The standard InChI is InChI=1S/C38H24BNO/c1-4-12-25(13-5-1)27-20-21-32-33(23-27)40(29-16-8-3-9-17-29)34-24-28(26-14-6-2-7-15-26)22-31-36-30-18-10-11-19-35(30)41-38(36)39(32)37(31)34/h1-24H/i2D,6D,7D,14D,15D. The number of furan rings is 1. The summed E-state index contributed by atoms with van der Waals surface area (Å²) in [5.41, 5.74) is 11.6. The van der Waals surface area contributed by atoms with Gasteiger partial charge in [0.1, 0.15) is 5.58 Å². The van der Waals surface area contributed by atoms with E-state index in [1.165, 1.54) is 0 Å². The fourth-order valence-electron chi connectivity index (χ4n) is 6.62. The zero-order chi connectivity index (χ0) is 31.3. The Morgan fingerprint density at radius 1 is 0.610 bits per heavy atom. The smallest absolute Gasteiger partial charge is 0.293 e. The zero-order valence-electron chi connectivity index (χ0n) is 26.9. The van der Waals surface area contributed by atoms with Crippen LogP contribution in [0.3, 0.4) is 0 Å². The van der Waals surface area contributed by atoms with E-state index in [-0.39, 0.29) is 36.4 Å². The van der Waals surface area contributed by atoms with Crippen LogP contribution in [0.15, 0.2) is 150 Å². The second kappa shape index (κ2) is 8.61. The minimum atomic E-state index is -0.405. The van der Waals surface area contributed by atoms with Gasteiger partial charge in [-0.05, 0) is 75.1 Å². The maximum atomic E-state index is 8.85. The number of nitrogens with zero attached hydrogens (tertiary/aromatic N) is 1. The first kappa shape index (κ1) is 18.1. The van der Waals surface area contributed by atoms with Gasteiger partial charge in [-0.2, -0.15) is 0 Å². The Morgan fingerprint density at radius 2 is 1.34 bits per heavy atom. The molecule has 7 aromatic rings. The van der Waals surface area contributed by atoms with Crippen molar-refractivity contribution in [1.29, 1.82) is 0 Å². The zero-order valence-corrected chi connectivity index (χ0v) is 21.9. The molecule has 3 heteroatoms. The quantitative estimate of drug-likeness (QED) is 0.217. The average molecular weight is 526 g/mol. The second-order valence-corrected chi connectivity index (χ2v) is 10.5. The van der Waals surface area contributed by atoms with Gasteiger partial charge in [0.2, 0.25) is 0 Å². The van der Waals surface area contributed by atoms with Gasteiger partial charge in [0, 0.05) is 28.0 Å². The summed E-state index contributed by atoms with van der Waals surface area (Å²) < 4.78 is 49.4. The molecule has 190 valence electrons. The van der Waals surface area contributed by atoms with Crippen LogP contribution >= 0.6 is 0 Å². The molecule has 0 unspecified atom stereocenters. The summed E-state index contributed by atoms with van der Waals surface area (Å²) in [4.78, 5) is 2.24. The van der Waals surface area contributed by atoms with E-state index in [9.17, 15) is 0 Å². The number of para-hydroxylation sites is 2. The van der Waals surface area contributed by atoms with Crippen LogP contribution in [0.2, 0.25) is 0 Å². The molecule has 1 aromatic heterocycles. The van der Waals surface area contributed by atoms with Crippen LogP contribution in [0.4, 0.5) is 17.1 Å². The SMILES string of the molecule is [2H]c1c([2H])c([2H])c(-c2cc3c4c(c2)N(c2ccccc2)c2cc(-c5ccccc5)ccc2B4c2oc4ccccc4c2-3)c([2H])c1[2H]. The van der Waals surface area contributed by atoms with Gasteiger partial charge in [-0.15, -0.1) is 0 Å². The number of fused-ring (bicyclic) bond motifs is 7. The molecule has 9 rings (SSSR count). The molecule has 2 aliphatic rings. The normalized spacial score (nSPS) is 14.5. The average Bonchev–Trinajstić information content (AvgIpc) is 3.63. The third-order valence-corrected chi connectivity index (χ3v) is 8.33. The summed E-state index contributed by atoms with van der Waals surface area (Å²) in [6.07, 6.45) is 0. The van der Waals surface area contributed by atoms with Gasteiger partial charge >= 0.3 is 0 Å². The van der Waals surface area contributed by atoms with Gasteiger partial charge < -0.3 is 9.32 Å². The molecule has 2 aliphatic heterocycles. The van der Waals surface area contributed by atoms with E-state index >= 15 is 0 Å². The summed E-state index contributed by atoms with van der Waals surface area (Å²) in [5, 5.41) is 0.987. The van der Waals surface area contributed by atoms with Crippen molar-refractivity contribution >= 4 is 51.3 Å². The molecule has 41 heavy (non-hydrogen) atoms. The van der Waals surface area contributed by atoms with Gasteiger partial charge in [0.25, 0.3) is 6.71 Å². The lowest BCUT2D eigenvalue weighted by molar-refractivity contribution is 0.653. The van der Waals surface area contributed by atoms with E-state index in [4.69, 9.17) is 11.3 Å².